The molecule has 1 aromatic carbocycles. The lowest BCUT2D eigenvalue weighted by molar-refractivity contribution is 0.256. The van der Waals surface area contributed by atoms with Crippen LogP contribution in [0.3, 0.4) is 0 Å². The van der Waals surface area contributed by atoms with Crippen LogP contribution < -0.4 is 5.73 Å². The van der Waals surface area contributed by atoms with E-state index in [1.165, 1.54) is 18.4 Å². The van der Waals surface area contributed by atoms with Crippen molar-refractivity contribution < 1.29 is 0 Å². The molecule has 1 aromatic rings. The summed E-state index contributed by atoms with van der Waals surface area (Å²) in [7, 11) is 0. The lowest BCUT2D eigenvalue weighted by Gasteiger charge is -2.28. The van der Waals surface area contributed by atoms with Crippen molar-refractivity contribution in [1.29, 1.82) is 0 Å². The molecule has 3 nitrogen and oxygen atoms in total. The number of hydrogen-bond acceptors (Lipinski definition) is 3. The van der Waals surface area contributed by atoms with Crippen LogP contribution in [0.4, 0.5) is 0 Å². The third-order valence-electron chi connectivity index (χ3n) is 5.21. The number of nitroso groups, excluding NO2 is 1. The predicted octanol–water partition coefficient (Wildman–Crippen LogP) is 6.71. The van der Waals surface area contributed by atoms with Crippen molar-refractivity contribution in [3.63, 3.8) is 0 Å². The first-order chi connectivity index (χ1) is 12.7. The summed E-state index contributed by atoms with van der Waals surface area (Å²) < 4.78 is 0. The molecule has 0 amide bonds. The Morgan fingerprint density at radius 2 is 1.77 bits per heavy atom. The van der Waals surface area contributed by atoms with Gasteiger partial charge in [0.25, 0.3) is 0 Å². The van der Waals surface area contributed by atoms with Crippen LogP contribution in [0.2, 0.25) is 0 Å². The molecule has 3 heteroatoms. The smallest absolute Gasteiger partial charge is 0.0870 e. The number of nitrogens with two attached hydrogens (primary N) is 1. The molecule has 26 heavy (non-hydrogen) atoms. The van der Waals surface area contributed by atoms with Crippen molar-refractivity contribution >= 4 is 0 Å². The largest absolute Gasteiger partial charge is 0.324 e. The standard InChI is InChI=1S/C23H36N2O/c1-3-5-18-23(4-2,20-25-26)19-14-9-7-6-8-13-17-22(24)21-15-11-10-12-16-21/h8-16,22H,3-7,17-20,24H2,1-2H3. The SMILES string of the molecule is CCCCC(CC)(CC=CCCC=CCC(N)c1ccccc1)CN=O. The third kappa shape index (κ3) is 8.57. The highest BCUT2D eigenvalue weighted by atomic mass is 16.3. The average Bonchev–Trinajstić information content (AvgIpc) is 2.68. The van der Waals surface area contributed by atoms with Crippen LogP contribution in [0.25, 0.3) is 0 Å². The molecule has 1 rings (SSSR count). The van der Waals surface area contributed by atoms with Gasteiger partial charge in [0.15, 0.2) is 0 Å². The van der Waals surface area contributed by atoms with E-state index in [-0.39, 0.29) is 11.5 Å². The molecule has 0 fully saturated rings. The molecular weight excluding hydrogens is 320 g/mol. The van der Waals surface area contributed by atoms with Gasteiger partial charge in [-0.2, -0.15) is 4.91 Å². The van der Waals surface area contributed by atoms with Crippen molar-refractivity contribution in [2.75, 3.05) is 6.54 Å². The first-order valence-corrected chi connectivity index (χ1v) is 10.1. The molecule has 2 atom stereocenters. The number of benzene rings is 1. The molecule has 144 valence electrons. The fourth-order valence-corrected chi connectivity index (χ4v) is 3.21. The van der Waals surface area contributed by atoms with Crippen molar-refractivity contribution in [2.45, 2.75) is 71.3 Å². The molecule has 0 aliphatic carbocycles. The van der Waals surface area contributed by atoms with Crippen LogP contribution in [0.15, 0.2) is 59.8 Å². The van der Waals surface area contributed by atoms with Gasteiger partial charge in [-0.3, -0.25) is 0 Å². The Labute approximate surface area is 159 Å². The quantitative estimate of drug-likeness (QED) is 0.229. The third-order valence-corrected chi connectivity index (χ3v) is 5.21. The molecule has 0 aliphatic rings. The van der Waals surface area contributed by atoms with Crippen LogP contribution in [0.5, 0.6) is 0 Å². The summed E-state index contributed by atoms with van der Waals surface area (Å²) in [6.07, 6.45) is 17.2. The van der Waals surface area contributed by atoms with Gasteiger partial charge >= 0.3 is 0 Å². The zero-order valence-corrected chi connectivity index (χ0v) is 16.6. The summed E-state index contributed by atoms with van der Waals surface area (Å²) in [5.74, 6) is 0. The van der Waals surface area contributed by atoms with Gasteiger partial charge < -0.3 is 5.73 Å². The Morgan fingerprint density at radius 1 is 1.08 bits per heavy atom. The molecule has 2 unspecified atom stereocenters. The zero-order chi connectivity index (χ0) is 19.1. The van der Waals surface area contributed by atoms with E-state index in [0.29, 0.717) is 6.54 Å². The molecule has 0 saturated heterocycles. The summed E-state index contributed by atoms with van der Waals surface area (Å²) >= 11 is 0. The van der Waals surface area contributed by atoms with Crippen LogP contribution in [0.1, 0.15) is 76.8 Å². The number of rotatable bonds is 14. The fraction of sp³-hybridized carbons (Fsp3) is 0.565. The van der Waals surface area contributed by atoms with Gasteiger partial charge in [0.2, 0.25) is 0 Å². The van der Waals surface area contributed by atoms with E-state index < -0.39 is 0 Å². The van der Waals surface area contributed by atoms with Gasteiger partial charge in [-0.25, -0.2) is 0 Å². The van der Waals surface area contributed by atoms with Crippen molar-refractivity contribution in [2.24, 2.45) is 16.3 Å². The minimum atomic E-state index is 0.0621. The molecule has 0 radical (unpaired) electrons. The second-order valence-electron chi connectivity index (χ2n) is 7.22. The molecule has 0 bridgehead atoms. The van der Waals surface area contributed by atoms with Gasteiger partial charge in [-0.05, 0) is 49.5 Å². The molecule has 0 heterocycles. The van der Waals surface area contributed by atoms with Crippen LogP contribution >= 0.6 is 0 Å². The van der Waals surface area contributed by atoms with Gasteiger partial charge in [0.1, 0.15) is 0 Å². The molecule has 0 saturated carbocycles. The van der Waals surface area contributed by atoms with Crippen LogP contribution in [-0.2, 0) is 0 Å². The average molecular weight is 357 g/mol. The van der Waals surface area contributed by atoms with E-state index in [2.05, 4.69) is 55.5 Å². The minimum absolute atomic E-state index is 0.0621. The van der Waals surface area contributed by atoms with Gasteiger partial charge in [-0.15, -0.1) is 0 Å². The summed E-state index contributed by atoms with van der Waals surface area (Å²) in [5, 5.41) is 3.21. The van der Waals surface area contributed by atoms with E-state index >= 15 is 0 Å². The van der Waals surface area contributed by atoms with E-state index in [1.807, 2.05) is 18.2 Å². The lowest BCUT2D eigenvalue weighted by atomic mass is 9.77. The number of unbranched alkanes of at least 4 members (excludes halogenated alkanes) is 2. The molecule has 0 spiro atoms. The second kappa shape index (κ2) is 13.5. The van der Waals surface area contributed by atoms with E-state index in [4.69, 9.17) is 5.73 Å². The number of hydrogen-bond donors (Lipinski definition) is 1. The monoisotopic (exact) mass is 356 g/mol. The highest BCUT2D eigenvalue weighted by molar-refractivity contribution is 5.19. The molecule has 0 aromatic heterocycles. The Hall–Kier alpha value is -1.74. The maximum absolute atomic E-state index is 10.8. The topological polar surface area (TPSA) is 55.4 Å². The Kier molecular flexibility index (Phi) is 11.5. The van der Waals surface area contributed by atoms with Gasteiger partial charge in [0, 0.05) is 6.04 Å². The lowest BCUT2D eigenvalue weighted by Crippen LogP contribution is -2.22. The summed E-state index contributed by atoms with van der Waals surface area (Å²) in [5.41, 5.74) is 7.44. The highest BCUT2D eigenvalue weighted by Gasteiger charge is 2.26. The second-order valence-corrected chi connectivity index (χ2v) is 7.22. The fourth-order valence-electron chi connectivity index (χ4n) is 3.21. The normalized spacial score (nSPS) is 15.3. The van der Waals surface area contributed by atoms with Crippen molar-refractivity contribution in [3.8, 4) is 0 Å². The Morgan fingerprint density at radius 3 is 2.38 bits per heavy atom. The first kappa shape index (κ1) is 22.3. The maximum atomic E-state index is 10.8. The highest BCUT2D eigenvalue weighted by Crippen LogP contribution is 2.33. The first-order valence-electron chi connectivity index (χ1n) is 10.1. The van der Waals surface area contributed by atoms with Gasteiger partial charge in [-0.1, -0.05) is 86.5 Å². The molecule has 2 N–H and O–H groups in total. The summed E-state index contributed by atoms with van der Waals surface area (Å²) in [6.45, 7) is 4.80. The van der Waals surface area contributed by atoms with E-state index in [0.717, 1.165) is 38.5 Å². The van der Waals surface area contributed by atoms with Crippen LogP contribution in [-0.4, -0.2) is 6.54 Å². The molecule has 0 aliphatic heterocycles. The Balaban J connectivity index is 2.31. The number of nitrogens with zero attached hydrogens (tertiary/aromatic N) is 1. The molecular formula is C23H36N2O. The Bertz CT molecular complexity index is 538. The predicted molar refractivity (Wildman–Crippen MR) is 113 cm³/mol. The van der Waals surface area contributed by atoms with E-state index in [9.17, 15) is 4.91 Å². The van der Waals surface area contributed by atoms with Crippen molar-refractivity contribution in [3.05, 3.63) is 65.1 Å². The zero-order valence-electron chi connectivity index (χ0n) is 16.6. The minimum Gasteiger partial charge on any atom is -0.324 e. The van der Waals surface area contributed by atoms with Gasteiger partial charge in [0.05, 0.1) is 6.54 Å². The maximum Gasteiger partial charge on any atom is 0.0870 e. The van der Waals surface area contributed by atoms with E-state index in [1.54, 1.807) is 0 Å². The van der Waals surface area contributed by atoms with Crippen LogP contribution in [0, 0.1) is 10.3 Å². The summed E-state index contributed by atoms with van der Waals surface area (Å²) in [6, 6.07) is 10.3. The number of allylic oxidation sites excluding steroid dienone is 3. The van der Waals surface area contributed by atoms with Crippen molar-refractivity contribution in [1.82, 2.24) is 0 Å². The summed E-state index contributed by atoms with van der Waals surface area (Å²) in [4.78, 5) is 10.8.